The van der Waals surface area contributed by atoms with Crippen LogP contribution < -0.4 is 9.62 Å². The maximum absolute atomic E-state index is 13.4. The summed E-state index contributed by atoms with van der Waals surface area (Å²) in [4.78, 5) is 17.0. The van der Waals surface area contributed by atoms with Crippen LogP contribution in [-0.2, 0) is 10.0 Å². The SMILES string of the molecule is CCN(c1ccccc1)S(=O)(=O)c1cccc(C(=O)Nc2nc3ccc(F)cc3s2)c1. The van der Waals surface area contributed by atoms with Gasteiger partial charge in [-0.25, -0.2) is 17.8 Å². The van der Waals surface area contributed by atoms with Crippen LogP contribution >= 0.6 is 11.3 Å². The summed E-state index contributed by atoms with van der Waals surface area (Å²) in [5, 5.41) is 2.96. The molecule has 0 unspecified atom stereocenters. The number of nitrogens with one attached hydrogen (secondary N) is 1. The Morgan fingerprint density at radius 3 is 2.58 bits per heavy atom. The fraction of sp³-hybridized carbons (Fsp3) is 0.0909. The summed E-state index contributed by atoms with van der Waals surface area (Å²) in [5.41, 5.74) is 1.29. The number of hydrogen-bond acceptors (Lipinski definition) is 5. The van der Waals surface area contributed by atoms with E-state index in [9.17, 15) is 17.6 Å². The van der Waals surface area contributed by atoms with Gasteiger partial charge in [0.1, 0.15) is 5.82 Å². The lowest BCUT2D eigenvalue weighted by atomic mass is 10.2. The predicted octanol–water partition coefficient (Wildman–Crippen LogP) is 4.90. The smallest absolute Gasteiger partial charge is 0.264 e. The molecule has 0 saturated heterocycles. The number of anilines is 2. The lowest BCUT2D eigenvalue weighted by molar-refractivity contribution is 0.102. The van der Waals surface area contributed by atoms with Gasteiger partial charge in [0, 0.05) is 12.1 Å². The fourth-order valence-electron chi connectivity index (χ4n) is 3.13. The molecule has 1 amide bonds. The van der Waals surface area contributed by atoms with Crippen LogP contribution in [0.25, 0.3) is 10.2 Å². The third-order valence-electron chi connectivity index (χ3n) is 4.59. The van der Waals surface area contributed by atoms with Crippen LogP contribution in [0.5, 0.6) is 0 Å². The van der Waals surface area contributed by atoms with Crippen LogP contribution in [0.3, 0.4) is 0 Å². The number of nitrogens with zero attached hydrogens (tertiary/aromatic N) is 2. The van der Waals surface area contributed by atoms with Gasteiger partial charge in [-0.05, 0) is 55.5 Å². The van der Waals surface area contributed by atoms with Crippen LogP contribution in [0.15, 0.2) is 77.7 Å². The zero-order valence-corrected chi connectivity index (χ0v) is 18.1. The maximum Gasteiger partial charge on any atom is 0.264 e. The molecule has 0 atom stereocenters. The number of aromatic nitrogens is 1. The van der Waals surface area contributed by atoms with Crippen molar-refractivity contribution in [3.05, 3.63) is 84.2 Å². The van der Waals surface area contributed by atoms with E-state index in [-0.39, 0.29) is 22.8 Å². The minimum absolute atomic E-state index is 0.0113. The summed E-state index contributed by atoms with van der Waals surface area (Å²) >= 11 is 1.14. The number of halogens is 1. The van der Waals surface area contributed by atoms with Crippen molar-refractivity contribution in [3.63, 3.8) is 0 Å². The largest absolute Gasteiger partial charge is 0.298 e. The van der Waals surface area contributed by atoms with E-state index in [2.05, 4.69) is 10.3 Å². The normalized spacial score (nSPS) is 11.4. The monoisotopic (exact) mass is 455 g/mol. The molecular formula is C22H18FN3O3S2. The minimum Gasteiger partial charge on any atom is -0.298 e. The number of carbonyl (C=O) groups is 1. The number of fused-ring (bicyclic) bond motifs is 1. The molecule has 6 nitrogen and oxygen atoms in total. The second kappa shape index (κ2) is 8.44. The van der Waals surface area contributed by atoms with Gasteiger partial charge in [-0.15, -0.1) is 0 Å². The molecule has 0 spiro atoms. The highest BCUT2D eigenvalue weighted by atomic mass is 32.2. The van der Waals surface area contributed by atoms with E-state index in [0.29, 0.717) is 21.0 Å². The lowest BCUT2D eigenvalue weighted by Gasteiger charge is -2.23. The molecule has 3 aromatic carbocycles. The summed E-state index contributed by atoms with van der Waals surface area (Å²) < 4.78 is 41.7. The number of carbonyl (C=O) groups excluding carboxylic acids is 1. The second-order valence-corrected chi connectivity index (χ2v) is 9.51. The number of benzene rings is 3. The van der Waals surface area contributed by atoms with Gasteiger partial charge in [0.15, 0.2) is 5.13 Å². The van der Waals surface area contributed by atoms with Gasteiger partial charge in [0.2, 0.25) is 0 Å². The van der Waals surface area contributed by atoms with Crippen molar-refractivity contribution in [2.45, 2.75) is 11.8 Å². The predicted molar refractivity (Wildman–Crippen MR) is 121 cm³/mol. The Balaban J connectivity index is 1.61. The highest BCUT2D eigenvalue weighted by Gasteiger charge is 2.24. The Morgan fingerprint density at radius 2 is 1.84 bits per heavy atom. The minimum atomic E-state index is -3.86. The maximum atomic E-state index is 13.4. The average Bonchev–Trinajstić information content (AvgIpc) is 3.16. The van der Waals surface area contributed by atoms with E-state index >= 15 is 0 Å². The summed E-state index contributed by atoms with van der Waals surface area (Å²) in [6.07, 6.45) is 0. The standard InChI is InChI=1S/C22H18FN3O3S2/c1-2-26(17-8-4-3-5-9-17)31(28,29)18-10-6-7-15(13-18)21(27)25-22-24-19-12-11-16(23)14-20(19)30-22/h3-14H,2H2,1H3,(H,24,25,27). The molecule has 1 heterocycles. The molecular weight excluding hydrogens is 437 g/mol. The third-order valence-corrected chi connectivity index (χ3v) is 7.42. The molecule has 0 aliphatic heterocycles. The lowest BCUT2D eigenvalue weighted by Crippen LogP contribution is -2.30. The molecule has 31 heavy (non-hydrogen) atoms. The van der Waals surface area contributed by atoms with Gasteiger partial charge in [0.25, 0.3) is 15.9 Å². The molecule has 158 valence electrons. The van der Waals surface area contributed by atoms with Crippen LogP contribution in [0, 0.1) is 5.82 Å². The molecule has 0 aliphatic rings. The molecule has 4 rings (SSSR count). The molecule has 0 fully saturated rings. The summed E-state index contributed by atoms with van der Waals surface area (Å²) in [5.74, 6) is -0.884. The summed E-state index contributed by atoms with van der Waals surface area (Å²) in [6, 6.07) is 18.8. The summed E-state index contributed by atoms with van der Waals surface area (Å²) in [6.45, 7) is 1.99. The van der Waals surface area contributed by atoms with E-state index in [1.807, 2.05) is 6.07 Å². The van der Waals surface area contributed by atoms with Crippen molar-refractivity contribution >= 4 is 48.3 Å². The van der Waals surface area contributed by atoms with Crippen LogP contribution in [0.4, 0.5) is 15.2 Å². The van der Waals surface area contributed by atoms with Crippen LogP contribution in [0.1, 0.15) is 17.3 Å². The zero-order valence-electron chi connectivity index (χ0n) is 16.4. The third kappa shape index (κ3) is 4.28. The van der Waals surface area contributed by atoms with E-state index in [4.69, 9.17) is 0 Å². The van der Waals surface area contributed by atoms with Gasteiger partial charge < -0.3 is 0 Å². The van der Waals surface area contributed by atoms with Crippen LogP contribution in [-0.4, -0.2) is 25.9 Å². The first-order valence-electron chi connectivity index (χ1n) is 9.44. The van der Waals surface area contributed by atoms with Crippen molar-refractivity contribution in [2.75, 3.05) is 16.2 Å². The number of amides is 1. The Kier molecular flexibility index (Phi) is 5.71. The first-order chi connectivity index (χ1) is 14.9. The number of para-hydroxylation sites is 1. The number of thiazole rings is 1. The van der Waals surface area contributed by atoms with Crippen molar-refractivity contribution in [1.29, 1.82) is 0 Å². The average molecular weight is 456 g/mol. The van der Waals surface area contributed by atoms with E-state index in [0.717, 1.165) is 11.3 Å². The number of rotatable bonds is 6. The molecule has 0 aliphatic carbocycles. The van der Waals surface area contributed by atoms with Crippen LogP contribution in [0.2, 0.25) is 0 Å². The molecule has 9 heteroatoms. The van der Waals surface area contributed by atoms with Gasteiger partial charge in [-0.3, -0.25) is 14.4 Å². The molecule has 1 aromatic heterocycles. The van der Waals surface area contributed by atoms with Crippen molar-refractivity contribution < 1.29 is 17.6 Å². The zero-order chi connectivity index (χ0) is 22.0. The second-order valence-electron chi connectivity index (χ2n) is 6.62. The fourth-order valence-corrected chi connectivity index (χ4v) is 5.54. The first kappa shape index (κ1) is 21.0. The first-order valence-corrected chi connectivity index (χ1v) is 11.7. The molecule has 0 saturated carbocycles. The number of sulfonamides is 1. The van der Waals surface area contributed by atoms with Crippen molar-refractivity contribution in [3.8, 4) is 0 Å². The summed E-state index contributed by atoms with van der Waals surface area (Å²) in [7, 11) is -3.86. The topological polar surface area (TPSA) is 79.4 Å². The van der Waals surface area contributed by atoms with Crippen molar-refractivity contribution in [2.24, 2.45) is 0 Å². The Bertz CT molecular complexity index is 1350. The highest BCUT2D eigenvalue weighted by molar-refractivity contribution is 7.92. The Hall–Kier alpha value is -3.30. The molecule has 0 radical (unpaired) electrons. The van der Waals surface area contributed by atoms with Gasteiger partial charge in [0.05, 0.1) is 20.8 Å². The molecule has 4 aromatic rings. The van der Waals surface area contributed by atoms with Gasteiger partial charge in [-0.2, -0.15) is 0 Å². The van der Waals surface area contributed by atoms with E-state index in [1.165, 1.54) is 46.8 Å². The van der Waals surface area contributed by atoms with E-state index < -0.39 is 15.9 Å². The molecule has 0 bridgehead atoms. The van der Waals surface area contributed by atoms with Crippen molar-refractivity contribution in [1.82, 2.24) is 4.98 Å². The van der Waals surface area contributed by atoms with E-state index in [1.54, 1.807) is 31.2 Å². The quantitative estimate of drug-likeness (QED) is 0.448. The molecule has 1 N–H and O–H groups in total. The Morgan fingerprint density at radius 1 is 1.06 bits per heavy atom. The van der Waals surface area contributed by atoms with Gasteiger partial charge in [-0.1, -0.05) is 35.6 Å². The number of hydrogen-bond donors (Lipinski definition) is 1. The highest BCUT2D eigenvalue weighted by Crippen LogP contribution is 2.28. The van der Waals surface area contributed by atoms with Gasteiger partial charge >= 0.3 is 0 Å². The Labute approximate surface area is 183 Å².